The van der Waals surface area contributed by atoms with Gasteiger partial charge in [0.1, 0.15) is 12.4 Å². The fourth-order valence-corrected chi connectivity index (χ4v) is 3.07. The molecule has 2 aliphatic rings. The maximum absolute atomic E-state index is 5.80. The van der Waals surface area contributed by atoms with E-state index in [9.17, 15) is 0 Å². The van der Waals surface area contributed by atoms with E-state index in [1.165, 1.54) is 5.56 Å². The van der Waals surface area contributed by atoms with Crippen LogP contribution in [0.2, 0.25) is 0 Å². The normalized spacial score (nSPS) is 26.9. The Labute approximate surface area is 127 Å². The summed E-state index contributed by atoms with van der Waals surface area (Å²) >= 11 is 0. The summed E-state index contributed by atoms with van der Waals surface area (Å²) in [5.74, 6) is 0.947. The Balaban J connectivity index is 1.46. The van der Waals surface area contributed by atoms with Gasteiger partial charge in [0.15, 0.2) is 0 Å². The van der Waals surface area contributed by atoms with Gasteiger partial charge in [0.05, 0.1) is 6.10 Å². The van der Waals surface area contributed by atoms with Gasteiger partial charge in [-0.1, -0.05) is 12.1 Å². The standard InChI is InChI=1S/C17H26N2O2/c1-14-11-19(9-8-18-14)12-15-4-6-16(7-5-15)21-13-17-3-2-10-20-17/h4-7,14,17-18H,2-3,8-13H2,1H3. The predicted octanol–water partition coefficient (Wildman–Crippen LogP) is 2.04. The molecule has 2 aliphatic heterocycles. The van der Waals surface area contributed by atoms with E-state index < -0.39 is 0 Å². The predicted molar refractivity (Wildman–Crippen MR) is 83.7 cm³/mol. The molecule has 4 heteroatoms. The minimum atomic E-state index is 0.284. The highest BCUT2D eigenvalue weighted by Crippen LogP contribution is 2.17. The zero-order valence-corrected chi connectivity index (χ0v) is 12.9. The molecule has 116 valence electrons. The second-order valence-corrected chi connectivity index (χ2v) is 6.18. The van der Waals surface area contributed by atoms with Crippen molar-refractivity contribution >= 4 is 0 Å². The van der Waals surface area contributed by atoms with Gasteiger partial charge in [-0.3, -0.25) is 4.90 Å². The molecule has 2 saturated heterocycles. The van der Waals surface area contributed by atoms with E-state index in [2.05, 4.69) is 41.4 Å². The number of nitrogens with zero attached hydrogens (tertiary/aromatic N) is 1. The highest BCUT2D eigenvalue weighted by atomic mass is 16.5. The molecular formula is C17H26N2O2. The Morgan fingerprint density at radius 2 is 2.19 bits per heavy atom. The lowest BCUT2D eigenvalue weighted by atomic mass is 10.1. The van der Waals surface area contributed by atoms with Crippen molar-refractivity contribution in [3.8, 4) is 5.75 Å². The molecule has 0 aromatic heterocycles. The van der Waals surface area contributed by atoms with Crippen molar-refractivity contribution in [2.45, 2.75) is 38.5 Å². The fraction of sp³-hybridized carbons (Fsp3) is 0.647. The third-order valence-electron chi connectivity index (χ3n) is 4.24. The molecule has 1 aromatic rings. The van der Waals surface area contributed by atoms with Crippen LogP contribution < -0.4 is 10.1 Å². The molecular weight excluding hydrogens is 264 g/mol. The Bertz CT molecular complexity index is 429. The van der Waals surface area contributed by atoms with E-state index in [1.807, 2.05) is 0 Å². The third kappa shape index (κ3) is 4.43. The van der Waals surface area contributed by atoms with Gasteiger partial charge < -0.3 is 14.8 Å². The molecule has 0 aliphatic carbocycles. The molecule has 21 heavy (non-hydrogen) atoms. The monoisotopic (exact) mass is 290 g/mol. The summed E-state index contributed by atoms with van der Waals surface area (Å²) in [6, 6.07) is 9.11. The van der Waals surface area contributed by atoms with Gasteiger partial charge in [-0.15, -0.1) is 0 Å². The first-order valence-electron chi connectivity index (χ1n) is 8.09. The number of benzene rings is 1. The summed E-state index contributed by atoms with van der Waals surface area (Å²) in [6.45, 7) is 8.17. The lowest BCUT2D eigenvalue weighted by molar-refractivity contribution is 0.0679. The van der Waals surface area contributed by atoms with Crippen LogP contribution in [0.3, 0.4) is 0 Å². The largest absolute Gasteiger partial charge is 0.491 e. The number of hydrogen-bond acceptors (Lipinski definition) is 4. The van der Waals surface area contributed by atoms with Crippen molar-refractivity contribution in [3.63, 3.8) is 0 Å². The minimum absolute atomic E-state index is 0.284. The second-order valence-electron chi connectivity index (χ2n) is 6.18. The van der Waals surface area contributed by atoms with Crippen molar-refractivity contribution < 1.29 is 9.47 Å². The molecule has 0 spiro atoms. The van der Waals surface area contributed by atoms with E-state index in [0.717, 1.165) is 51.4 Å². The molecule has 2 atom stereocenters. The first-order valence-corrected chi connectivity index (χ1v) is 8.09. The molecule has 1 N–H and O–H groups in total. The van der Waals surface area contributed by atoms with Crippen molar-refractivity contribution in [2.24, 2.45) is 0 Å². The Morgan fingerprint density at radius 3 is 2.90 bits per heavy atom. The van der Waals surface area contributed by atoms with Crippen molar-refractivity contribution in [3.05, 3.63) is 29.8 Å². The SMILES string of the molecule is CC1CN(Cc2ccc(OCC3CCCO3)cc2)CCN1. The average molecular weight is 290 g/mol. The van der Waals surface area contributed by atoms with E-state index in [0.29, 0.717) is 12.6 Å². The van der Waals surface area contributed by atoms with Gasteiger partial charge in [-0.05, 0) is 37.5 Å². The smallest absolute Gasteiger partial charge is 0.119 e. The lowest BCUT2D eigenvalue weighted by Gasteiger charge is -2.31. The second kappa shape index (κ2) is 7.25. The Hall–Kier alpha value is -1.10. The van der Waals surface area contributed by atoms with Crippen LogP contribution in [-0.4, -0.2) is 49.9 Å². The summed E-state index contributed by atoms with van der Waals surface area (Å²) in [7, 11) is 0. The van der Waals surface area contributed by atoms with E-state index in [1.54, 1.807) is 0 Å². The molecule has 0 saturated carbocycles. The van der Waals surface area contributed by atoms with Gasteiger partial charge in [0.2, 0.25) is 0 Å². The van der Waals surface area contributed by atoms with Gasteiger partial charge in [0, 0.05) is 38.8 Å². The van der Waals surface area contributed by atoms with Crippen LogP contribution >= 0.6 is 0 Å². The third-order valence-corrected chi connectivity index (χ3v) is 4.24. The molecule has 1 aromatic carbocycles. The maximum Gasteiger partial charge on any atom is 0.119 e. The molecule has 3 rings (SSSR count). The fourth-order valence-electron chi connectivity index (χ4n) is 3.07. The van der Waals surface area contributed by atoms with Gasteiger partial charge >= 0.3 is 0 Å². The average Bonchev–Trinajstić information content (AvgIpc) is 3.00. The summed E-state index contributed by atoms with van der Waals surface area (Å²) in [6.07, 6.45) is 2.57. The topological polar surface area (TPSA) is 33.7 Å². The first-order chi connectivity index (χ1) is 10.3. The Kier molecular flexibility index (Phi) is 5.12. The van der Waals surface area contributed by atoms with E-state index in [4.69, 9.17) is 9.47 Å². The van der Waals surface area contributed by atoms with Crippen LogP contribution in [-0.2, 0) is 11.3 Å². The summed E-state index contributed by atoms with van der Waals surface area (Å²) in [4.78, 5) is 2.50. The molecule has 2 unspecified atom stereocenters. The number of nitrogens with one attached hydrogen (secondary N) is 1. The molecule has 0 amide bonds. The summed E-state index contributed by atoms with van der Waals surface area (Å²) < 4.78 is 11.4. The molecule has 0 bridgehead atoms. The number of ether oxygens (including phenoxy) is 2. The van der Waals surface area contributed by atoms with Crippen molar-refractivity contribution in [1.29, 1.82) is 0 Å². The highest BCUT2D eigenvalue weighted by Gasteiger charge is 2.17. The van der Waals surface area contributed by atoms with Crippen LogP contribution in [0, 0.1) is 0 Å². The zero-order chi connectivity index (χ0) is 14.5. The summed E-state index contributed by atoms with van der Waals surface area (Å²) in [5, 5.41) is 3.48. The lowest BCUT2D eigenvalue weighted by Crippen LogP contribution is -2.48. The minimum Gasteiger partial charge on any atom is -0.491 e. The zero-order valence-electron chi connectivity index (χ0n) is 12.9. The van der Waals surface area contributed by atoms with Gasteiger partial charge in [0.25, 0.3) is 0 Å². The molecule has 4 nitrogen and oxygen atoms in total. The highest BCUT2D eigenvalue weighted by molar-refractivity contribution is 5.27. The Morgan fingerprint density at radius 1 is 1.33 bits per heavy atom. The number of piperazine rings is 1. The summed E-state index contributed by atoms with van der Waals surface area (Å²) in [5.41, 5.74) is 1.36. The van der Waals surface area contributed by atoms with Crippen LogP contribution in [0.4, 0.5) is 0 Å². The molecule has 2 fully saturated rings. The van der Waals surface area contributed by atoms with E-state index in [-0.39, 0.29) is 6.10 Å². The van der Waals surface area contributed by atoms with Crippen LogP contribution in [0.1, 0.15) is 25.3 Å². The number of rotatable bonds is 5. The molecule has 0 radical (unpaired) electrons. The van der Waals surface area contributed by atoms with Gasteiger partial charge in [-0.25, -0.2) is 0 Å². The number of hydrogen-bond donors (Lipinski definition) is 1. The van der Waals surface area contributed by atoms with Crippen molar-refractivity contribution in [1.82, 2.24) is 10.2 Å². The van der Waals surface area contributed by atoms with Gasteiger partial charge in [-0.2, -0.15) is 0 Å². The van der Waals surface area contributed by atoms with Crippen LogP contribution in [0.5, 0.6) is 5.75 Å². The first kappa shape index (κ1) is 14.8. The van der Waals surface area contributed by atoms with Crippen LogP contribution in [0.25, 0.3) is 0 Å². The molecule has 2 heterocycles. The van der Waals surface area contributed by atoms with Crippen molar-refractivity contribution in [2.75, 3.05) is 32.8 Å². The maximum atomic E-state index is 5.80. The van der Waals surface area contributed by atoms with E-state index >= 15 is 0 Å². The van der Waals surface area contributed by atoms with Crippen LogP contribution in [0.15, 0.2) is 24.3 Å². The quantitative estimate of drug-likeness (QED) is 0.900.